The van der Waals surface area contributed by atoms with Crippen molar-refractivity contribution < 1.29 is 14.4 Å². The number of methoxy groups -OCH3 is 1. The van der Waals surface area contributed by atoms with E-state index in [1.165, 1.54) is 20.9 Å². The first-order valence-electron chi connectivity index (χ1n) is 10.1. The average Bonchev–Trinajstić information content (AvgIpc) is 3.29. The molecule has 1 amide bonds. The lowest BCUT2D eigenvalue weighted by molar-refractivity contribution is -0.945. The minimum Gasteiger partial charge on any atom is -0.497 e. The van der Waals surface area contributed by atoms with E-state index in [1.807, 2.05) is 24.3 Å². The largest absolute Gasteiger partial charge is 0.497 e. The summed E-state index contributed by atoms with van der Waals surface area (Å²) >= 11 is 1.78. The van der Waals surface area contributed by atoms with E-state index in [9.17, 15) is 4.79 Å². The summed E-state index contributed by atoms with van der Waals surface area (Å²) in [5.74, 6) is 0.870. The summed E-state index contributed by atoms with van der Waals surface area (Å²) in [6, 6.07) is 21.0. The molecule has 5 heteroatoms. The molecule has 2 atom stereocenters. The van der Waals surface area contributed by atoms with Crippen molar-refractivity contribution in [2.45, 2.75) is 25.4 Å². The predicted octanol–water partition coefficient (Wildman–Crippen LogP) is 2.80. The number of quaternary nitrogens is 1. The molecule has 2 N–H and O–H groups in total. The summed E-state index contributed by atoms with van der Waals surface area (Å²) in [4.78, 5) is 15.4. The number of hydrogen-bond acceptors (Lipinski definition) is 3. The number of amides is 1. The fourth-order valence-corrected chi connectivity index (χ4v) is 4.93. The molecular formula is C24H27N2O2S+. The number of carbonyl (C=O) groups is 1. The highest BCUT2D eigenvalue weighted by Crippen LogP contribution is 2.19. The van der Waals surface area contributed by atoms with Gasteiger partial charge in [0.25, 0.3) is 0 Å². The van der Waals surface area contributed by atoms with E-state index in [0.29, 0.717) is 13.0 Å². The normalized spacial score (nSPS) is 16.7. The van der Waals surface area contributed by atoms with Crippen molar-refractivity contribution in [3.05, 3.63) is 87.6 Å². The molecule has 1 aliphatic rings. The lowest BCUT2D eigenvalue weighted by Gasteiger charge is -2.32. The van der Waals surface area contributed by atoms with Crippen LogP contribution in [-0.2, 0) is 24.2 Å². The fourth-order valence-electron chi connectivity index (χ4n) is 4.04. The maximum absolute atomic E-state index is 12.6. The summed E-state index contributed by atoms with van der Waals surface area (Å²) in [7, 11) is 1.65. The Morgan fingerprint density at radius 1 is 1.10 bits per heavy atom. The molecule has 2 heterocycles. The van der Waals surface area contributed by atoms with E-state index in [2.05, 4.69) is 47.1 Å². The predicted molar refractivity (Wildman–Crippen MR) is 116 cm³/mol. The molecule has 0 radical (unpaired) electrons. The second-order valence-corrected chi connectivity index (χ2v) is 8.48. The van der Waals surface area contributed by atoms with Crippen LogP contribution in [0.15, 0.2) is 66.0 Å². The number of fused-ring (bicyclic) bond motifs is 1. The van der Waals surface area contributed by atoms with Gasteiger partial charge in [-0.05, 0) is 34.7 Å². The van der Waals surface area contributed by atoms with E-state index < -0.39 is 0 Å². The van der Waals surface area contributed by atoms with Crippen LogP contribution in [0.4, 0.5) is 0 Å². The molecule has 0 aliphatic carbocycles. The lowest BCUT2D eigenvalue weighted by Crippen LogP contribution is -3.12. The highest BCUT2D eigenvalue weighted by atomic mass is 32.1. The second kappa shape index (κ2) is 9.25. The minimum absolute atomic E-state index is 0.0635. The van der Waals surface area contributed by atoms with E-state index in [1.54, 1.807) is 18.4 Å². The van der Waals surface area contributed by atoms with Crippen LogP contribution in [-0.4, -0.2) is 26.1 Å². The lowest BCUT2D eigenvalue weighted by atomic mass is 9.98. The number of nitrogens with one attached hydrogen (secondary N) is 2. The minimum atomic E-state index is 0.0635. The van der Waals surface area contributed by atoms with E-state index >= 15 is 0 Å². The Hall–Kier alpha value is -2.63. The van der Waals surface area contributed by atoms with E-state index in [0.717, 1.165) is 30.8 Å². The molecule has 0 spiro atoms. The monoisotopic (exact) mass is 407 g/mol. The number of benzene rings is 2. The van der Waals surface area contributed by atoms with Crippen molar-refractivity contribution in [2.24, 2.45) is 0 Å². The van der Waals surface area contributed by atoms with E-state index in [4.69, 9.17) is 4.74 Å². The van der Waals surface area contributed by atoms with Crippen LogP contribution in [0, 0.1) is 0 Å². The third kappa shape index (κ3) is 4.86. The van der Waals surface area contributed by atoms with Crippen molar-refractivity contribution in [2.75, 3.05) is 20.2 Å². The van der Waals surface area contributed by atoms with Crippen molar-refractivity contribution in [3.63, 3.8) is 0 Å². The fraction of sp³-hybridized carbons (Fsp3) is 0.292. The summed E-state index contributed by atoms with van der Waals surface area (Å²) in [5.41, 5.74) is 3.89. The molecule has 4 rings (SSSR count). The van der Waals surface area contributed by atoms with Crippen LogP contribution >= 0.6 is 11.3 Å². The van der Waals surface area contributed by atoms with Gasteiger partial charge in [0, 0.05) is 12.0 Å². The molecule has 0 bridgehead atoms. The Labute approximate surface area is 176 Å². The maximum Gasteiger partial charge on any atom is 0.224 e. The van der Waals surface area contributed by atoms with Crippen molar-refractivity contribution >= 4 is 17.2 Å². The van der Waals surface area contributed by atoms with Crippen LogP contribution in [0.3, 0.4) is 0 Å². The molecule has 0 saturated carbocycles. The zero-order chi connectivity index (χ0) is 20.1. The van der Waals surface area contributed by atoms with Gasteiger partial charge in [0.15, 0.2) is 0 Å². The average molecular weight is 408 g/mol. The first kappa shape index (κ1) is 19.7. The van der Waals surface area contributed by atoms with E-state index in [-0.39, 0.29) is 11.9 Å². The van der Waals surface area contributed by atoms with Gasteiger partial charge >= 0.3 is 0 Å². The van der Waals surface area contributed by atoms with Gasteiger partial charge in [0.2, 0.25) is 5.91 Å². The first-order chi connectivity index (χ1) is 14.2. The molecule has 1 aliphatic heterocycles. The Kier molecular flexibility index (Phi) is 6.27. The van der Waals surface area contributed by atoms with Crippen LogP contribution in [0.25, 0.3) is 0 Å². The summed E-state index contributed by atoms with van der Waals surface area (Å²) in [5, 5.41) is 5.31. The molecule has 1 unspecified atom stereocenters. The third-order valence-corrected chi connectivity index (χ3v) is 6.64. The van der Waals surface area contributed by atoms with Crippen LogP contribution in [0.5, 0.6) is 5.75 Å². The van der Waals surface area contributed by atoms with Gasteiger partial charge in [-0.1, -0.05) is 42.5 Å². The first-order valence-corrected chi connectivity index (χ1v) is 11.0. The maximum atomic E-state index is 12.6. The summed E-state index contributed by atoms with van der Waals surface area (Å²) in [6.07, 6.45) is 1.48. The molecule has 3 aromatic rings. The molecule has 2 aromatic carbocycles. The zero-order valence-electron chi connectivity index (χ0n) is 16.7. The van der Waals surface area contributed by atoms with Gasteiger partial charge in [-0.25, -0.2) is 0 Å². The van der Waals surface area contributed by atoms with Gasteiger partial charge in [0.05, 0.1) is 31.5 Å². The zero-order valence-corrected chi connectivity index (χ0v) is 17.5. The highest BCUT2D eigenvalue weighted by Gasteiger charge is 2.29. The Morgan fingerprint density at radius 2 is 1.90 bits per heavy atom. The smallest absolute Gasteiger partial charge is 0.224 e. The van der Waals surface area contributed by atoms with Crippen LogP contribution in [0.2, 0.25) is 0 Å². The number of rotatable bonds is 7. The van der Waals surface area contributed by atoms with Gasteiger partial charge in [-0.3, -0.25) is 4.79 Å². The quantitative estimate of drug-likeness (QED) is 0.633. The molecule has 4 nitrogen and oxygen atoms in total. The highest BCUT2D eigenvalue weighted by molar-refractivity contribution is 7.10. The SMILES string of the molecule is COc1ccc(CC(=O)NC[C@H](c2cccs2)[NH+]2CCc3ccccc3C2)cc1. The second-order valence-electron chi connectivity index (χ2n) is 7.50. The molecular weight excluding hydrogens is 380 g/mol. The Bertz CT molecular complexity index is 938. The van der Waals surface area contributed by atoms with Crippen molar-refractivity contribution in [1.29, 1.82) is 0 Å². The van der Waals surface area contributed by atoms with Crippen LogP contribution in [0.1, 0.15) is 27.6 Å². The van der Waals surface area contributed by atoms with Gasteiger partial charge < -0.3 is 15.0 Å². The third-order valence-electron chi connectivity index (χ3n) is 5.66. The van der Waals surface area contributed by atoms with Crippen molar-refractivity contribution in [1.82, 2.24) is 5.32 Å². The standard InChI is InChI=1S/C24H26N2O2S/c1-28-21-10-8-18(9-11-21)15-24(27)25-16-22(23-7-4-14-29-23)26-13-12-19-5-2-3-6-20(19)17-26/h2-11,14,22H,12-13,15-17H2,1H3,(H,25,27)/p+1/t22-/m1/s1. The number of hydrogen-bond donors (Lipinski definition) is 2. The molecule has 0 saturated heterocycles. The Balaban J connectivity index is 1.41. The topological polar surface area (TPSA) is 42.8 Å². The molecule has 150 valence electrons. The number of carbonyl (C=O) groups excluding carboxylic acids is 1. The van der Waals surface area contributed by atoms with Gasteiger partial charge in [0.1, 0.15) is 18.3 Å². The Morgan fingerprint density at radius 3 is 2.62 bits per heavy atom. The summed E-state index contributed by atoms with van der Waals surface area (Å²) < 4.78 is 5.18. The van der Waals surface area contributed by atoms with Gasteiger partial charge in [-0.2, -0.15) is 0 Å². The van der Waals surface area contributed by atoms with Crippen molar-refractivity contribution in [3.8, 4) is 5.75 Å². The molecule has 0 fully saturated rings. The van der Waals surface area contributed by atoms with Gasteiger partial charge in [-0.15, -0.1) is 11.3 Å². The summed E-state index contributed by atoms with van der Waals surface area (Å²) in [6.45, 7) is 2.76. The molecule has 1 aromatic heterocycles. The molecule has 29 heavy (non-hydrogen) atoms. The number of ether oxygens (including phenoxy) is 1. The number of thiophene rings is 1. The van der Waals surface area contributed by atoms with Crippen LogP contribution < -0.4 is 15.0 Å².